The maximum absolute atomic E-state index is 9.97. The fourth-order valence-electron chi connectivity index (χ4n) is 3.67. The van der Waals surface area contributed by atoms with Crippen LogP contribution >= 0.6 is 0 Å². The number of nitriles is 2. The van der Waals surface area contributed by atoms with Gasteiger partial charge in [0.1, 0.15) is 11.6 Å². The molecule has 0 aromatic heterocycles. The minimum Gasteiger partial charge on any atom is -0.493 e. The minimum atomic E-state index is -0.608. The summed E-state index contributed by atoms with van der Waals surface area (Å²) >= 11 is 0. The number of rotatable bonds is 3. The number of allylic oxidation sites excluding steroid dienone is 2. The first kappa shape index (κ1) is 17.3. The van der Waals surface area contributed by atoms with Gasteiger partial charge in [-0.3, -0.25) is 4.90 Å². The fraction of sp³-hybridized carbons (Fsp3) is 0.143. The van der Waals surface area contributed by atoms with Gasteiger partial charge >= 0.3 is 0 Å². The van der Waals surface area contributed by atoms with E-state index < -0.39 is 5.92 Å². The molecular weight excluding hydrogens is 354 g/mol. The Morgan fingerprint density at radius 2 is 1.71 bits per heavy atom. The average molecular weight is 371 g/mol. The first-order valence-corrected chi connectivity index (χ1v) is 8.56. The van der Waals surface area contributed by atoms with Crippen LogP contribution in [0.5, 0.6) is 11.5 Å². The van der Waals surface area contributed by atoms with Crippen molar-refractivity contribution in [2.75, 3.05) is 24.4 Å². The van der Waals surface area contributed by atoms with E-state index in [0.717, 1.165) is 16.9 Å². The first-order chi connectivity index (χ1) is 13.6. The molecule has 2 aliphatic heterocycles. The molecule has 3 N–H and O–H groups in total. The maximum atomic E-state index is 9.97. The zero-order valence-electron chi connectivity index (χ0n) is 15.4. The van der Waals surface area contributed by atoms with Crippen molar-refractivity contribution in [1.29, 1.82) is 10.5 Å². The van der Waals surface area contributed by atoms with E-state index in [1.165, 1.54) is 0 Å². The molecule has 28 heavy (non-hydrogen) atoms. The third-order valence-corrected chi connectivity index (χ3v) is 4.95. The van der Waals surface area contributed by atoms with Crippen LogP contribution in [0.25, 0.3) is 0 Å². The smallest absolute Gasteiger partial charge is 0.161 e. The molecule has 2 aromatic carbocycles. The van der Waals surface area contributed by atoms with Crippen molar-refractivity contribution in [2.24, 2.45) is 5.73 Å². The highest BCUT2D eigenvalue weighted by Gasteiger charge is 2.40. The summed E-state index contributed by atoms with van der Waals surface area (Å²) in [5.41, 5.74) is 9.49. The molecule has 0 unspecified atom stereocenters. The maximum Gasteiger partial charge on any atom is 0.161 e. The number of hydrogen-bond donors (Lipinski definition) is 2. The van der Waals surface area contributed by atoms with Gasteiger partial charge < -0.3 is 20.5 Å². The highest BCUT2D eigenvalue weighted by molar-refractivity contribution is 5.86. The number of nitrogens with one attached hydrogen (secondary N) is 1. The number of fused-ring (bicyclic) bond motifs is 3. The molecule has 7 heteroatoms. The Morgan fingerprint density at radius 3 is 2.39 bits per heavy atom. The molecule has 7 nitrogen and oxygen atoms in total. The zero-order valence-corrected chi connectivity index (χ0v) is 15.4. The van der Waals surface area contributed by atoms with Crippen LogP contribution in [-0.2, 0) is 0 Å². The molecule has 0 amide bonds. The van der Waals surface area contributed by atoms with Gasteiger partial charge in [-0.2, -0.15) is 10.5 Å². The zero-order chi connectivity index (χ0) is 19.8. The van der Waals surface area contributed by atoms with E-state index in [2.05, 4.69) is 17.5 Å². The summed E-state index contributed by atoms with van der Waals surface area (Å²) < 4.78 is 10.7. The number of nitrogens with zero attached hydrogens (tertiary/aromatic N) is 3. The van der Waals surface area contributed by atoms with E-state index in [4.69, 9.17) is 15.2 Å². The Bertz CT molecular complexity index is 1120. The van der Waals surface area contributed by atoms with Crippen LogP contribution < -0.4 is 25.4 Å². The number of para-hydroxylation sites is 2. The van der Waals surface area contributed by atoms with Crippen molar-refractivity contribution >= 4 is 11.4 Å². The summed E-state index contributed by atoms with van der Waals surface area (Å²) in [6.45, 7) is 0. The Hall–Kier alpha value is -4.10. The van der Waals surface area contributed by atoms with Gasteiger partial charge in [0.15, 0.2) is 11.5 Å². The summed E-state index contributed by atoms with van der Waals surface area (Å²) in [5.74, 6) is 1.34. The molecule has 2 aromatic rings. The number of hydrogen-bond acceptors (Lipinski definition) is 7. The third-order valence-electron chi connectivity index (χ3n) is 4.95. The Morgan fingerprint density at radius 1 is 1.00 bits per heavy atom. The van der Waals surface area contributed by atoms with Crippen molar-refractivity contribution < 1.29 is 9.47 Å². The van der Waals surface area contributed by atoms with Crippen molar-refractivity contribution in [1.82, 2.24) is 0 Å². The normalized spacial score (nSPS) is 17.3. The Labute approximate surface area is 162 Å². The molecule has 0 spiro atoms. The summed E-state index contributed by atoms with van der Waals surface area (Å²) in [4.78, 5) is 1.73. The summed E-state index contributed by atoms with van der Waals surface area (Å²) in [7, 11) is 3.09. The van der Waals surface area contributed by atoms with Gasteiger partial charge in [0.05, 0.1) is 54.8 Å². The van der Waals surface area contributed by atoms with Crippen LogP contribution in [0.4, 0.5) is 11.4 Å². The molecule has 2 aliphatic rings. The molecule has 0 aliphatic carbocycles. The van der Waals surface area contributed by atoms with Gasteiger partial charge in [0.2, 0.25) is 0 Å². The molecule has 0 bridgehead atoms. The molecule has 138 valence electrons. The topological polar surface area (TPSA) is 107 Å². The third kappa shape index (κ3) is 2.34. The second-order valence-corrected chi connectivity index (χ2v) is 6.31. The number of ether oxygens (including phenoxy) is 2. The second kappa shape index (κ2) is 6.57. The van der Waals surface area contributed by atoms with Gasteiger partial charge in [-0.1, -0.05) is 18.2 Å². The van der Waals surface area contributed by atoms with Crippen LogP contribution in [0.2, 0.25) is 0 Å². The van der Waals surface area contributed by atoms with Crippen LogP contribution in [0.3, 0.4) is 0 Å². The molecule has 0 radical (unpaired) electrons. The van der Waals surface area contributed by atoms with Crippen LogP contribution in [0.15, 0.2) is 65.3 Å². The van der Waals surface area contributed by atoms with Crippen molar-refractivity contribution in [3.05, 3.63) is 70.8 Å². The highest BCUT2D eigenvalue weighted by atomic mass is 16.5. The summed E-state index contributed by atoms with van der Waals surface area (Å²) in [5, 5.41) is 23.1. The van der Waals surface area contributed by atoms with Gasteiger partial charge in [-0.25, -0.2) is 0 Å². The van der Waals surface area contributed by atoms with Crippen LogP contribution in [0, 0.1) is 22.7 Å². The standard InChI is InChI=1S/C21H17N5O2/c1-27-17-8-7-12(9-18(17)28-2)19-13(10-22)20(24)26-16-6-4-3-5-15(16)25-21(26)14(19)11-23/h3-9,19,25H,24H2,1-2H3/t19-/m0/s1. The van der Waals surface area contributed by atoms with Gasteiger partial charge in [-0.15, -0.1) is 0 Å². The van der Waals surface area contributed by atoms with E-state index in [0.29, 0.717) is 34.3 Å². The average Bonchev–Trinajstić information content (AvgIpc) is 3.12. The number of nitrogens with two attached hydrogens (primary N) is 1. The fourth-order valence-corrected chi connectivity index (χ4v) is 3.67. The van der Waals surface area contributed by atoms with Crippen molar-refractivity contribution in [3.63, 3.8) is 0 Å². The largest absolute Gasteiger partial charge is 0.493 e. The number of anilines is 2. The molecule has 1 atom stereocenters. The predicted molar refractivity (Wildman–Crippen MR) is 104 cm³/mol. The van der Waals surface area contributed by atoms with Crippen molar-refractivity contribution in [3.8, 4) is 23.6 Å². The molecule has 0 fully saturated rings. The van der Waals surface area contributed by atoms with Gasteiger partial charge in [0, 0.05) is 0 Å². The van der Waals surface area contributed by atoms with Crippen LogP contribution in [-0.4, -0.2) is 14.2 Å². The number of benzene rings is 2. The van der Waals surface area contributed by atoms with E-state index in [9.17, 15) is 10.5 Å². The summed E-state index contributed by atoms with van der Waals surface area (Å²) in [6, 6.07) is 17.4. The minimum absolute atomic E-state index is 0.300. The molecule has 0 saturated heterocycles. The lowest BCUT2D eigenvalue weighted by Crippen LogP contribution is -2.34. The van der Waals surface area contributed by atoms with E-state index in [1.54, 1.807) is 31.3 Å². The lowest BCUT2D eigenvalue weighted by Gasteiger charge is -2.31. The lowest BCUT2D eigenvalue weighted by atomic mass is 9.83. The Balaban J connectivity index is 1.94. The number of methoxy groups -OCH3 is 2. The molecule has 4 rings (SSSR count). The Kier molecular flexibility index (Phi) is 4.06. The quantitative estimate of drug-likeness (QED) is 0.853. The molecule has 2 heterocycles. The van der Waals surface area contributed by atoms with Gasteiger partial charge in [0.25, 0.3) is 0 Å². The lowest BCUT2D eigenvalue weighted by molar-refractivity contribution is 0.354. The predicted octanol–water partition coefficient (Wildman–Crippen LogP) is 3.16. The first-order valence-electron chi connectivity index (χ1n) is 8.56. The van der Waals surface area contributed by atoms with E-state index in [-0.39, 0.29) is 0 Å². The SMILES string of the molecule is COc1ccc([C@H]2C(C#N)=C(N)N3C(=C2C#N)Nc2ccccc23)cc1OC. The van der Waals surface area contributed by atoms with E-state index in [1.807, 2.05) is 30.3 Å². The van der Waals surface area contributed by atoms with E-state index >= 15 is 0 Å². The van der Waals surface area contributed by atoms with Crippen molar-refractivity contribution in [2.45, 2.75) is 5.92 Å². The second-order valence-electron chi connectivity index (χ2n) is 6.31. The van der Waals surface area contributed by atoms with Crippen LogP contribution in [0.1, 0.15) is 11.5 Å². The molecular formula is C21H17N5O2. The van der Waals surface area contributed by atoms with Gasteiger partial charge in [-0.05, 0) is 29.8 Å². The summed E-state index contributed by atoms with van der Waals surface area (Å²) in [6.07, 6.45) is 0. The monoisotopic (exact) mass is 371 g/mol. The highest BCUT2D eigenvalue weighted by Crippen LogP contribution is 2.48. The molecule has 0 saturated carbocycles.